The molecule has 1 aliphatic carbocycles. The van der Waals surface area contributed by atoms with Crippen molar-refractivity contribution >= 4 is 11.9 Å². The van der Waals surface area contributed by atoms with Crippen LogP contribution < -0.4 is 4.74 Å². The Morgan fingerprint density at radius 1 is 1.07 bits per heavy atom. The van der Waals surface area contributed by atoms with Gasteiger partial charge in [-0.15, -0.1) is 0 Å². The van der Waals surface area contributed by atoms with Gasteiger partial charge in [-0.3, -0.25) is 4.79 Å². The molecule has 0 aromatic heterocycles. The van der Waals surface area contributed by atoms with E-state index < -0.39 is 11.6 Å². The Labute approximate surface area is 178 Å². The quantitative estimate of drug-likeness (QED) is 0.560. The van der Waals surface area contributed by atoms with E-state index in [-0.39, 0.29) is 29.1 Å². The molecule has 0 amide bonds. The van der Waals surface area contributed by atoms with Crippen molar-refractivity contribution in [1.29, 1.82) is 0 Å². The second kappa shape index (κ2) is 8.13. The third-order valence-corrected chi connectivity index (χ3v) is 5.31. The van der Waals surface area contributed by atoms with Crippen LogP contribution in [-0.4, -0.2) is 22.6 Å². The molecule has 0 unspecified atom stereocenters. The number of hydrogen-bond acceptors (Lipinski definition) is 5. The standard InChI is InChI=1S/C25H30O5/c1-24(2,3)30-20(26)15-16-8-11-18(12-9-16)29-23(28)19-13-10-17-7-6-14-25(4,5)21(17)22(19)27/h8-13,27H,6-7,14-15H2,1-5H3. The van der Waals surface area contributed by atoms with Crippen LogP contribution in [-0.2, 0) is 27.8 Å². The maximum atomic E-state index is 12.7. The van der Waals surface area contributed by atoms with Gasteiger partial charge in [0.15, 0.2) is 0 Å². The predicted octanol–water partition coefficient (Wildman–Crippen LogP) is 5.11. The molecule has 0 aliphatic heterocycles. The molecule has 30 heavy (non-hydrogen) atoms. The molecule has 5 nitrogen and oxygen atoms in total. The van der Waals surface area contributed by atoms with Gasteiger partial charge in [-0.2, -0.15) is 0 Å². The van der Waals surface area contributed by atoms with Gasteiger partial charge in [0.2, 0.25) is 0 Å². The number of esters is 2. The summed E-state index contributed by atoms with van der Waals surface area (Å²) in [6, 6.07) is 10.3. The largest absolute Gasteiger partial charge is 0.507 e. The Bertz CT molecular complexity index is 949. The van der Waals surface area contributed by atoms with Gasteiger partial charge in [-0.1, -0.05) is 32.0 Å². The van der Waals surface area contributed by atoms with E-state index in [0.717, 1.165) is 36.0 Å². The lowest BCUT2D eigenvalue weighted by atomic mass is 9.72. The molecule has 2 aromatic rings. The Hall–Kier alpha value is -2.82. The first-order valence-electron chi connectivity index (χ1n) is 10.3. The number of benzene rings is 2. The van der Waals surface area contributed by atoms with E-state index >= 15 is 0 Å². The van der Waals surface area contributed by atoms with Gasteiger partial charge in [0.25, 0.3) is 0 Å². The van der Waals surface area contributed by atoms with Crippen molar-refractivity contribution in [3.05, 3.63) is 58.7 Å². The fourth-order valence-corrected chi connectivity index (χ4v) is 3.99. The molecule has 1 aliphatic rings. The Morgan fingerprint density at radius 3 is 2.37 bits per heavy atom. The number of fused-ring (bicyclic) bond motifs is 1. The van der Waals surface area contributed by atoms with Crippen LogP contribution in [0.1, 0.15) is 74.5 Å². The highest BCUT2D eigenvalue weighted by atomic mass is 16.6. The van der Waals surface area contributed by atoms with Gasteiger partial charge < -0.3 is 14.6 Å². The molecule has 0 heterocycles. The lowest BCUT2D eigenvalue weighted by Gasteiger charge is -2.33. The zero-order valence-electron chi connectivity index (χ0n) is 18.4. The van der Waals surface area contributed by atoms with E-state index in [1.165, 1.54) is 0 Å². The van der Waals surface area contributed by atoms with E-state index in [9.17, 15) is 14.7 Å². The summed E-state index contributed by atoms with van der Waals surface area (Å²) in [7, 11) is 0. The summed E-state index contributed by atoms with van der Waals surface area (Å²) in [6.07, 6.45) is 3.08. The maximum Gasteiger partial charge on any atom is 0.347 e. The number of hydrogen-bond donors (Lipinski definition) is 1. The van der Waals surface area contributed by atoms with Gasteiger partial charge >= 0.3 is 11.9 Å². The predicted molar refractivity (Wildman–Crippen MR) is 115 cm³/mol. The number of rotatable bonds is 4. The van der Waals surface area contributed by atoms with Crippen molar-refractivity contribution in [2.45, 2.75) is 71.3 Å². The van der Waals surface area contributed by atoms with Gasteiger partial charge in [-0.25, -0.2) is 4.79 Å². The summed E-state index contributed by atoms with van der Waals surface area (Å²) in [5.74, 6) is -0.543. The minimum atomic E-state index is -0.600. The van der Waals surface area contributed by atoms with Crippen LogP contribution in [0.3, 0.4) is 0 Å². The molecule has 0 spiro atoms. The van der Waals surface area contributed by atoms with Crippen LogP contribution in [0.4, 0.5) is 0 Å². The van der Waals surface area contributed by atoms with Gasteiger partial charge in [-0.05, 0) is 74.8 Å². The highest BCUT2D eigenvalue weighted by Crippen LogP contribution is 2.43. The third-order valence-electron chi connectivity index (χ3n) is 5.31. The van der Waals surface area contributed by atoms with Crippen molar-refractivity contribution < 1.29 is 24.2 Å². The Morgan fingerprint density at radius 2 is 1.73 bits per heavy atom. The number of phenols is 1. The summed E-state index contributed by atoms with van der Waals surface area (Å²) in [5, 5.41) is 10.8. The number of aromatic hydroxyl groups is 1. The van der Waals surface area contributed by atoms with Crippen LogP contribution in [0.15, 0.2) is 36.4 Å². The first kappa shape index (κ1) is 21.9. The highest BCUT2D eigenvalue weighted by Gasteiger charge is 2.32. The molecule has 1 N–H and O–H groups in total. The van der Waals surface area contributed by atoms with Crippen molar-refractivity contribution in [2.75, 3.05) is 0 Å². The van der Waals surface area contributed by atoms with Crippen molar-refractivity contribution in [3.63, 3.8) is 0 Å². The summed E-state index contributed by atoms with van der Waals surface area (Å²) in [4.78, 5) is 24.6. The molecule has 0 bridgehead atoms. The number of carbonyl (C=O) groups is 2. The van der Waals surface area contributed by atoms with E-state index in [1.54, 1.807) is 30.3 Å². The number of aryl methyl sites for hydroxylation is 1. The number of ether oxygens (including phenoxy) is 2. The van der Waals surface area contributed by atoms with Gasteiger partial charge in [0, 0.05) is 5.56 Å². The first-order chi connectivity index (χ1) is 14.0. The monoisotopic (exact) mass is 410 g/mol. The van der Waals surface area contributed by atoms with Crippen LogP contribution >= 0.6 is 0 Å². The summed E-state index contributed by atoms with van der Waals surface area (Å²) in [6.45, 7) is 9.65. The third kappa shape index (κ3) is 5.02. The number of carbonyl (C=O) groups excluding carboxylic acids is 2. The average Bonchev–Trinajstić information content (AvgIpc) is 2.61. The van der Waals surface area contributed by atoms with E-state index in [1.807, 2.05) is 26.8 Å². The van der Waals surface area contributed by atoms with Crippen molar-refractivity contribution in [2.24, 2.45) is 0 Å². The van der Waals surface area contributed by atoms with E-state index in [0.29, 0.717) is 5.75 Å². The van der Waals surface area contributed by atoms with Crippen molar-refractivity contribution in [1.82, 2.24) is 0 Å². The molecule has 160 valence electrons. The minimum absolute atomic E-state index is 0.0174. The van der Waals surface area contributed by atoms with Crippen LogP contribution in [0.2, 0.25) is 0 Å². The molecular weight excluding hydrogens is 380 g/mol. The molecule has 0 saturated carbocycles. The first-order valence-corrected chi connectivity index (χ1v) is 10.3. The fourth-order valence-electron chi connectivity index (χ4n) is 3.99. The SMILES string of the molecule is CC(C)(C)OC(=O)Cc1ccc(OC(=O)c2ccc3c(c2O)C(C)(C)CCC3)cc1. The number of phenolic OH excluding ortho intramolecular Hbond substituents is 1. The lowest BCUT2D eigenvalue weighted by Crippen LogP contribution is -2.25. The second-order valence-electron chi connectivity index (χ2n) is 9.53. The summed E-state index contributed by atoms with van der Waals surface area (Å²) in [5.41, 5.74) is 2.15. The summed E-state index contributed by atoms with van der Waals surface area (Å²) >= 11 is 0. The van der Waals surface area contributed by atoms with E-state index in [2.05, 4.69) is 13.8 Å². The zero-order chi connectivity index (χ0) is 22.1. The normalized spacial score (nSPS) is 15.2. The molecule has 0 fully saturated rings. The lowest BCUT2D eigenvalue weighted by molar-refractivity contribution is -0.153. The Balaban J connectivity index is 1.72. The maximum absolute atomic E-state index is 12.7. The van der Waals surface area contributed by atoms with Gasteiger partial charge in [0.1, 0.15) is 22.7 Å². The zero-order valence-corrected chi connectivity index (χ0v) is 18.4. The molecule has 0 atom stereocenters. The fraction of sp³-hybridized carbons (Fsp3) is 0.440. The highest BCUT2D eigenvalue weighted by molar-refractivity contribution is 5.94. The van der Waals surface area contributed by atoms with E-state index in [4.69, 9.17) is 9.47 Å². The molecule has 0 radical (unpaired) electrons. The second-order valence-corrected chi connectivity index (χ2v) is 9.53. The van der Waals surface area contributed by atoms with Crippen LogP contribution in [0.5, 0.6) is 11.5 Å². The minimum Gasteiger partial charge on any atom is -0.507 e. The molecule has 5 heteroatoms. The molecular formula is C25H30O5. The molecule has 2 aromatic carbocycles. The topological polar surface area (TPSA) is 72.8 Å². The smallest absolute Gasteiger partial charge is 0.347 e. The van der Waals surface area contributed by atoms with Crippen LogP contribution in [0, 0.1) is 0 Å². The van der Waals surface area contributed by atoms with Crippen LogP contribution in [0.25, 0.3) is 0 Å². The van der Waals surface area contributed by atoms with Gasteiger partial charge in [0.05, 0.1) is 6.42 Å². The van der Waals surface area contributed by atoms with Crippen molar-refractivity contribution in [3.8, 4) is 11.5 Å². The Kier molecular flexibility index (Phi) is 5.93. The molecule has 3 rings (SSSR count). The average molecular weight is 411 g/mol. The summed E-state index contributed by atoms with van der Waals surface area (Å²) < 4.78 is 10.8. The molecule has 0 saturated heterocycles.